The molecule has 0 radical (unpaired) electrons. The molecule has 0 rings (SSSR count). The van der Waals surface area contributed by atoms with Gasteiger partial charge in [-0.1, -0.05) is 3.89 Å². The topological polar surface area (TPSA) is 74.3 Å². The van der Waals surface area contributed by atoms with Crippen LogP contribution in [0.25, 0.3) is 0 Å². The van der Waals surface area contributed by atoms with Gasteiger partial charge in [0.1, 0.15) is 5.97 Å². The molecule has 0 bridgehead atoms. The maximum Gasteiger partial charge on any atom is 1.00 e. The first-order valence-electron chi connectivity index (χ1n) is 1.73. The monoisotopic (exact) mass is 216 g/mol. The van der Waals surface area contributed by atoms with E-state index in [-0.39, 0.29) is 51.4 Å². The summed E-state index contributed by atoms with van der Waals surface area (Å²) < 4.78 is 52.6. The Morgan fingerprint density at radius 2 is 1.64 bits per heavy atom. The van der Waals surface area contributed by atoms with E-state index in [1.807, 2.05) is 0 Å². The Balaban J connectivity index is 0. The molecule has 60 valence electrons. The summed E-state index contributed by atoms with van der Waals surface area (Å²) in [5, 5.41) is 3.74. The Kier molecular flexibility index (Phi) is 5.47. The summed E-state index contributed by atoms with van der Waals surface area (Å²) in [5.41, 5.74) is 0. The van der Waals surface area contributed by atoms with Crippen LogP contribution in [0.5, 0.6) is 0 Å². The third-order valence-electron chi connectivity index (χ3n) is 0.544. The number of rotatable bonds is 2. The zero-order valence-corrected chi connectivity index (χ0v) is 9.11. The second-order valence-electron chi connectivity index (χ2n) is 1.24. The molecular weight excluding hydrogens is 216 g/mol. The molecule has 0 fully saturated rings. The maximum absolute atomic E-state index is 11.4. The van der Waals surface area contributed by atoms with E-state index in [1.54, 1.807) is 0 Å². The molecule has 0 aliphatic heterocycles. The summed E-state index contributed by atoms with van der Waals surface area (Å²) in [6.07, 6.45) is 0. The fourth-order valence-corrected chi connectivity index (χ4v) is 0.299. The van der Waals surface area contributed by atoms with Crippen molar-refractivity contribution < 1.29 is 82.4 Å². The molecule has 0 atom stereocenters. The summed E-state index contributed by atoms with van der Waals surface area (Å²) in [7, 11) is -6.40. The number of carboxylic acids is 1. The zero-order chi connectivity index (χ0) is 8.58. The second-order valence-corrected chi connectivity index (χ2v) is 2.63. The molecule has 11 heavy (non-hydrogen) atoms. The van der Waals surface area contributed by atoms with Gasteiger partial charge < -0.3 is 9.90 Å². The van der Waals surface area contributed by atoms with Gasteiger partial charge in [-0.15, -0.1) is 0 Å². The van der Waals surface area contributed by atoms with Crippen molar-refractivity contribution in [2.24, 2.45) is 0 Å². The van der Waals surface area contributed by atoms with Gasteiger partial charge in [-0.05, 0) is 0 Å². The molecule has 0 saturated heterocycles. The molecule has 0 aromatic carbocycles. The summed E-state index contributed by atoms with van der Waals surface area (Å²) >= 11 is 0. The molecular formula is C2F3KO4S. The van der Waals surface area contributed by atoms with Gasteiger partial charge in [0, 0.05) is 0 Å². The van der Waals surface area contributed by atoms with E-state index < -0.39 is 21.4 Å². The van der Waals surface area contributed by atoms with Gasteiger partial charge in [0.2, 0.25) is 0 Å². The van der Waals surface area contributed by atoms with E-state index in [2.05, 4.69) is 0 Å². The molecule has 0 N–H and O–H groups in total. The van der Waals surface area contributed by atoms with Crippen LogP contribution < -0.4 is 56.5 Å². The van der Waals surface area contributed by atoms with Crippen molar-refractivity contribution in [2.75, 3.05) is 0 Å². The first kappa shape index (κ1) is 14.4. The molecule has 0 unspecified atom stereocenters. The van der Waals surface area contributed by atoms with Crippen LogP contribution in [0.2, 0.25) is 0 Å². The number of aliphatic carboxylic acids is 1. The van der Waals surface area contributed by atoms with Crippen molar-refractivity contribution in [3.63, 3.8) is 0 Å². The van der Waals surface area contributed by atoms with Crippen LogP contribution in [-0.2, 0) is 15.0 Å². The van der Waals surface area contributed by atoms with Crippen molar-refractivity contribution in [3.8, 4) is 0 Å². The predicted molar refractivity (Wildman–Crippen MR) is 20.0 cm³/mol. The molecule has 0 saturated carbocycles. The van der Waals surface area contributed by atoms with Crippen molar-refractivity contribution in [1.29, 1.82) is 0 Å². The number of hydrogen-bond donors (Lipinski definition) is 0. The Hall–Kier alpha value is 0.846. The molecule has 0 aliphatic carbocycles. The average Bonchev–Trinajstić information content (AvgIpc) is 1.62. The minimum Gasteiger partial charge on any atom is -0.543 e. The van der Waals surface area contributed by atoms with Crippen LogP contribution in [0.15, 0.2) is 0 Å². The molecule has 9 heteroatoms. The van der Waals surface area contributed by atoms with E-state index >= 15 is 0 Å². The van der Waals surface area contributed by atoms with Gasteiger partial charge in [0.15, 0.2) is 0 Å². The normalized spacial score (nSPS) is 11.9. The molecule has 0 aliphatic rings. The van der Waals surface area contributed by atoms with Crippen molar-refractivity contribution in [2.45, 2.75) is 5.25 Å². The molecule has 0 amide bonds. The maximum atomic E-state index is 11.4. The smallest absolute Gasteiger partial charge is 0.543 e. The van der Waals surface area contributed by atoms with Crippen LogP contribution in [0, 0.1) is 0 Å². The summed E-state index contributed by atoms with van der Waals surface area (Å²) in [6, 6.07) is 0. The average molecular weight is 216 g/mol. The van der Waals surface area contributed by atoms with Crippen molar-refractivity contribution in [1.82, 2.24) is 0 Å². The van der Waals surface area contributed by atoms with Crippen molar-refractivity contribution in [3.05, 3.63) is 0 Å². The summed E-state index contributed by atoms with van der Waals surface area (Å²) in [6.45, 7) is 0. The number of carbonyl (C=O) groups excluding carboxylic acids is 1. The predicted octanol–water partition coefficient (Wildman–Crippen LogP) is -4.37. The van der Waals surface area contributed by atoms with Gasteiger partial charge in [-0.3, -0.25) is 0 Å². The Labute approximate surface area is 102 Å². The quantitative estimate of drug-likeness (QED) is 0.345. The van der Waals surface area contributed by atoms with Crippen LogP contribution >= 0.6 is 0 Å². The molecule has 0 aromatic heterocycles. The van der Waals surface area contributed by atoms with Crippen LogP contribution in [-0.4, -0.2) is 19.6 Å². The minimum atomic E-state index is -6.40. The molecule has 0 aromatic rings. The second kappa shape index (κ2) is 4.19. The summed E-state index contributed by atoms with van der Waals surface area (Å²) in [4.78, 5) is 9.19. The summed E-state index contributed by atoms with van der Waals surface area (Å²) in [5.74, 6) is -3.28. The third-order valence-corrected chi connectivity index (χ3v) is 1.32. The van der Waals surface area contributed by atoms with E-state index in [0.29, 0.717) is 0 Å². The first-order chi connectivity index (χ1) is 4.19. The Morgan fingerprint density at radius 3 is 1.64 bits per heavy atom. The first-order valence-corrected chi connectivity index (χ1v) is 3.11. The van der Waals surface area contributed by atoms with Crippen molar-refractivity contribution >= 4 is 16.2 Å². The van der Waals surface area contributed by atoms with Gasteiger partial charge in [-0.25, -0.2) is 0 Å². The van der Waals surface area contributed by atoms with Crippen LogP contribution in [0.3, 0.4) is 0 Å². The van der Waals surface area contributed by atoms with Gasteiger partial charge in [0.05, 0.1) is 0 Å². The van der Waals surface area contributed by atoms with E-state index in [0.717, 1.165) is 0 Å². The van der Waals surface area contributed by atoms with E-state index in [4.69, 9.17) is 0 Å². The van der Waals surface area contributed by atoms with E-state index in [1.165, 1.54) is 0 Å². The van der Waals surface area contributed by atoms with E-state index in [9.17, 15) is 31.0 Å². The molecule has 0 heterocycles. The third kappa shape index (κ3) is 3.38. The number of carboxylic acid groups (broad SMARTS) is 1. The Morgan fingerprint density at radius 1 is 1.36 bits per heavy atom. The Bertz CT molecular complexity index is 246. The fourth-order valence-electron chi connectivity index (χ4n) is 0.0995. The number of alkyl halides is 2. The minimum absolute atomic E-state index is 0. The number of hydrogen-bond acceptors (Lipinski definition) is 4. The zero-order valence-electron chi connectivity index (χ0n) is 5.18. The SMILES string of the molecule is O=C([O-])C(F)(F)S(=O)(=O)F.[K+]. The largest absolute Gasteiger partial charge is 1.00 e. The number of halogens is 3. The molecule has 0 spiro atoms. The standard InChI is InChI=1S/C2HF3O4S.K/c3-2(4,1(6)7)10(5,8)9;/h(H,6,7);/q;+1/p-1. The van der Waals surface area contributed by atoms with Gasteiger partial charge in [0.25, 0.3) is 0 Å². The fraction of sp³-hybridized carbons (Fsp3) is 0.500. The van der Waals surface area contributed by atoms with Crippen LogP contribution in [0.4, 0.5) is 12.7 Å². The van der Waals surface area contributed by atoms with Gasteiger partial charge >= 0.3 is 66.9 Å². The molecule has 4 nitrogen and oxygen atoms in total. The van der Waals surface area contributed by atoms with Gasteiger partial charge in [-0.2, -0.15) is 17.2 Å². The number of carbonyl (C=O) groups is 1. The van der Waals surface area contributed by atoms with Crippen LogP contribution in [0.1, 0.15) is 0 Å².